The predicted molar refractivity (Wildman–Crippen MR) is 67.4 cm³/mol. The van der Waals surface area contributed by atoms with Crippen molar-refractivity contribution >= 4 is 12.1 Å². The van der Waals surface area contributed by atoms with Gasteiger partial charge in [-0.25, -0.2) is 4.79 Å². The molecule has 0 aliphatic carbocycles. The van der Waals surface area contributed by atoms with Crippen LogP contribution in [0.1, 0.15) is 46.0 Å². The van der Waals surface area contributed by atoms with Gasteiger partial charge in [0.25, 0.3) is 0 Å². The number of hydrogen-bond donors (Lipinski definition) is 1. The van der Waals surface area contributed by atoms with Crippen LogP contribution in [-0.4, -0.2) is 41.8 Å². The van der Waals surface area contributed by atoms with E-state index >= 15 is 0 Å². The van der Waals surface area contributed by atoms with Gasteiger partial charge in [-0.2, -0.15) is 0 Å². The third kappa shape index (κ3) is 3.37. The summed E-state index contributed by atoms with van der Waals surface area (Å²) in [6.45, 7) is 5.34. The minimum atomic E-state index is -0.904. The SMILES string of the molecule is CCCCOC(=O)C1(CC)CCN(C(=O)O)CC1. The van der Waals surface area contributed by atoms with Gasteiger partial charge in [0, 0.05) is 13.1 Å². The van der Waals surface area contributed by atoms with Crippen molar-refractivity contribution in [1.29, 1.82) is 0 Å². The zero-order valence-corrected chi connectivity index (χ0v) is 11.3. The van der Waals surface area contributed by atoms with E-state index in [1.807, 2.05) is 6.92 Å². The van der Waals surface area contributed by atoms with E-state index in [9.17, 15) is 9.59 Å². The number of rotatable bonds is 5. The van der Waals surface area contributed by atoms with Crippen LogP contribution in [0.2, 0.25) is 0 Å². The summed E-state index contributed by atoms with van der Waals surface area (Å²) < 4.78 is 5.31. The van der Waals surface area contributed by atoms with E-state index in [-0.39, 0.29) is 5.97 Å². The van der Waals surface area contributed by atoms with Crippen molar-refractivity contribution < 1.29 is 19.4 Å². The Morgan fingerprint density at radius 2 is 1.89 bits per heavy atom. The smallest absolute Gasteiger partial charge is 0.407 e. The van der Waals surface area contributed by atoms with Gasteiger partial charge in [0.1, 0.15) is 0 Å². The molecule has 0 aromatic rings. The van der Waals surface area contributed by atoms with Gasteiger partial charge in [-0.05, 0) is 25.7 Å². The van der Waals surface area contributed by atoms with Crippen molar-refractivity contribution in [2.24, 2.45) is 5.41 Å². The Balaban J connectivity index is 2.54. The Morgan fingerprint density at radius 1 is 1.28 bits per heavy atom. The van der Waals surface area contributed by atoms with Gasteiger partial charge >= 0.3 is 12.1 Å². The van der Waals surface area contributed by atoms with Gasteiger partial charge in [-0.1, -0.05) is 20.3 Å². The van der Waals surface area contributed by atoms with E-state index in [2.05, 4.69) is 6.92 Å². The molecule has 0 radical (unpaired) electrons. The standard InChI is InChI=1S/C13H23NO4/c1-3-5-10-18-11(15)13(4-2)6-8-14(9-7-13)12(16)17/h3-10H2,1-2H3,(H,16,17). The maximum atomic E-state index is 12.1. The predicted octanol–water partition coefficient (Wildman–Crippen LogP) is 2.50. The number of unbranched alkanes of at least 4 members (excludes halogenated alkanes) is 1. The summed E-state index contributed by atoms with van der Waals surface area (Å²) in [5.41, 5.74) is -0.473. The van der Waals surface area contributed by atoms with Gasteiger partial charge in [0.05, 0.1) is 12.0 Å². The normalized spacial score (nSPS) is 18.4. The van der Waals surface area contributed by atoms with Gasteiger partial charge in [-0.15, -0.1) is 0 Å². The Morgan fingerprint density at radius 3 is 2.33 bits per heavy atom. The number of nitrogens with zero attached hydrogens (tertiary/aromatic N) is 1. The molecule has 0 bridgehead atoms. The van der Waals surface area contributed by atoms with E-state index in [0.717, 1.165) is 12.8 Å². The lowest BCUT2D eigenvalue weighted by molar-refractivity contribution is -0.159. The molecular weight excluding hydrogens is 234 g/mol. The van der Waals surface area contributed by atoms with E-state index in [1.54, 1.807) is 0 Å². The second-order valence-corrected chi connectivity index (χ2v) is 4.89. The van der Waals surface area contributed by atoms with Crippen LogP contribution in [0.25, 0.3) is 0 Å². The third-order valence-corrected chi connectivity index (χ3v) is 3.83. The molecule has 0 aromatic carbocycles. The number of ether oxygens (including phenoxy) is 1. The molecule has 0 saturated carbocycles. The van der Waals surface area contributed by atoms with Crippen LogP contribution in [-0.2, 0) is 9.53 Å². The zero-order chi connectivity index (χ0) is 13.6. The van der Waals surface area contributed by atoms with Crippen molar-refractivity contribution in [3.05, 3.63) is 0 Å². The van der Waals surface area contributed by atoms with Crippen LogP contribution in [0.3, 0.4) is 0 Å². The van der Waals surface area contributed by atoms with Crippen molar-refractivity contribution in [1.82, 2.24) is 4.90 Å². The zero-order valence-electron chi connectivity index (χ0n) is 11.3. The molecule has 5 nitrogen and oxygen atoms in total. The van der Waals surface area contributed by atoms with Crippen molar-refractivity contribution in [3.63, 3.8) is 0 Å². The van der Waals surface area contributed by atoms with E-state index in [4.69, 9.17) is 9.84 Å². The number of esters is 1. The highest BCUT2D eigenvalue weighted by Gasteiger charge is 2.42. The summed E-state index contributed by atoms with van der Waals surface area (Å²) in [4.78, 5) is 24.3. The number of hydrogen-bond acceptors (Lipinski definition) is 3. The molecule has 1 N–H and O–H groups in total. The fraction of sp³-hybridized carbons (Fsp3) is 0.846. The molecular formula is C13H23NO4. The summed E-state index contributed by atoms with van der Waals surface area (Å²) in [7, 11) is 0. The van der Waals surface area contributed by atoms with Crippen LogP contribution < -0.4 is 0 Å². The van der Waals surface area contributed by atoms with Crippen LogP contribution in [0.15, 0.2) is 0 Å². The third-order valence-electron chi connectivity index (χ3n) is 3.83. The summed E-state index contributed by atoms with van der Waals surface area (Å²) in [6.07, 6.45) is 2.83. The molecule has 104 valence electrons. The molecule has 18 heavy (non-hydrogen) atoms. The van der Waals surface area contributed by atoms with Gasteiger partial charge in [0.2, 0.25) is 0 Å². The van der Waals surface area contributed by atoms with Crippen LogP contribution in [0.4, 0.5) is 4.79 Å². The topological polar surface area (TPSA) is 66.8 Å². The fourth-order valence-electron chi connectivity index (χ4n) is 2.29. The monoisotopic (exact) mass is 257 g/mol. The first-order valence-corrected chi connectivity index (χ1v) is 6.71. The number of carboxylic acid groups (broad SMARTS) is 1. The Labute approximate surface area is 108 Å². The first-order valence-electron chi connectivity index (χ1n) is 6.71. The maximum absolute atomic E-state index is 12.1. The van der Waals surface area contributed by atoms with Gasteiger partial charge in [0.15, 0.2) is 0 Å². The number of carbonyl (C=O) groups excluding carboxylic acids is 1. The molecule has 1 aliphatic rings. The largest absolute Gasteiger partial charge is 0.465 e. The highest BCUT2D eigenvalue weighted by molar-refractivity contribution is 5.77. The fourth-order valence-corrected chi connectivity index (χ4v) is 2.29. The molecule has 1 saturated heterocycles. The van der Waals surface area contributed by atoms with Crippen molar-refractivity contribution in [3.8, 4) is 0 Å². The van der Waals surface area contributed by atoms with E-state index in [0.29, 0.717) is 39.0 Å². The molecule has 0 atom stereocenters. The number of carbonyl (C=O) groups is 2. The lowest BCUT2D eigenvalue weighted by Crippen LogP contribution is -2.46. The van der Waals surface area contributed by atoms with E-state index < -0.39 is 11.5 Å². The summed E-state index contributed by atoms with van der Waals surface area (Å²) in [5.74, 6) is -0.150. The average Bonchev–Trinajstić information content (AvgIpc) is 2.38. The number of amides is 1. The van der Waals surface area contributed by atoms with Crippen LogP contribution in [0.5, 0.6) is 0 Å². The number of piperidine rings is 1. The van der Waals surface area contributed by atoms with E-state index in [1.165, 1.54) is 4.90 Å². The van der Waals surface area contributed by atoms with Crippen LogP contribution in [0, 0.1) is 5.41 Å². The average molecular weight is 257 g/mol. The molecule has 1 heterocycles. The molecule has 0 aromatic heterocycles. The first kappa shape index (κ1) is 14.8. The maximum Gasteiger partial charge on any atom is 0.407 e. The lowest BCUT2D eigenvalue weighted by atomic mass is 9.76. The number of likely N-dealkylation sites (tertiary alicyclic amines) is 1. The molecule has 1 aliphatic heterocycles. The first-order chi connectivity index (χ1) is 8.55. The summed E-state index contributed by atoms with van der Waals surface area (Å²) >= 11 is 0. The Bertz CT molecular complexity index is 295. The molecule has 1 rings (SSSR count). The Hall–Kier alpha value is -1.26. The highest BCUT2D eigenvalue weighted by Crippen LogP contribution is 2.36. The molecule has 0 unspecified atom stereocenters. The van der Waals surface area contributed by atoms with Crippen molar-refractivity contribution in [2.45, 2.75) is 46.0 Å². The van der Waals surface area contributed by atoms with Crippen LogP contribution >= 0.6 is 0 Å². The summed E-state index contributed by atoms with van der Waals surface area (Å²) in [6, 6.07) is 0. The second kappa shape index (κ2) is 6.61. The minimum Gasteiger partial charge on any atom is -0.465 e. The lowest BCUT2D eigenvalue weighted by Gasteiger charge is -2.38. The highest BCUT2D eigenvalue weighted by atomic mass is 16.5. The quantitative estimate of drug-likeness (QED) is 0.607. The Kier molecular flexibility index (Phi) is 5.44. The minimum absolute atomic E-state index is 0.150. The molecule has 0 spiro atoms. The summed E-state index contributed by atoms with van der Waals surface area (Å²) in [5, 5.41) is 8.90. The second-order valence-electron chi connectivity index (χ2n) is 4.89. The molecule has 5 heteroatoms. The molecule has 1 amide bonds. The van der Waals surface area contributed by atoms with Crippen molar-refractivity contribution in [2.75, 3.05) is 19.7 Å². The molecule has 1 fully saturated rings. The van der Waals surface area contributed by atoms with Gasteiger partial charge in [-0.3, -0.25) is 4.79 Å². The van der Waals surface area contributed by atoms with Gasteiger partial charge < -0.3 is 14.7 Å².